The highest BCUT2D eigenvalue weighted by Crippen LogP contribution is 2.27. The average molecular weight is 276 g/mol. The standard InChI is InChI=1S/C12H15Cl2NO2/c13-9-1-2-12(11(14)7-9)17-6-5-15-4-3-10(16)8-15/h1-2,7,10,16H,3-6,8H2/t10-/m1/s1. The molecule has 0 aliphatic carbocycles. The second-order valence-corrected chi connectivity index (χ2v) is 5.01. The first-order valence-electron chi connectivity index (χ1n) is 5.63. The minimum atomic E-state index is -0.186. The van der Waals surface area contributed by atoms with Crippen molar-refractivity contribution in [2.45, 2.75) is 12.5 Å². The molecule has 0 spiro atoms. The van der Waals surface area contributed by atoms with Gasteiger partial charge in [-0.05, 0) is 24.6 Å². The van der Waals surface area contributed by atoms with Crippen LogP contribution < -0.4 is 4.74 Å². The monoisotopic (exact) mass is 275 g/mol. The highest BCUT2D eigenvalue weighted by Gasteiger charge is 2.19. The number of ether oxygens (including phenoxy) is 1. The molecule has 1 aromatic carbocycles. The van der Waals surface area contributed by atoms with Gasteiger partial charge in [0.25, 0.3) is 0 Å². The summed E-state index contributed by atoms with van der Waals surface area (Å²) in [7, 11) is 0. The largest absolute Gasteiger partial charge is 0.491 e. The Bertz CT molecular complexity index is 387. The van der Waals surface area contributed by atoms with Crippen molar-refractivity contribution in [3.63, 3.8) is 0 Å². The van der Waals surface area contributed by atoms with Crippen LogP contribution in [-0.4, -0.2) is 42.4 Å². The summed E-state index contributed by atoms with van der Waals surface area (Å²) in [5.41, 5.74) is 0. The molecular weight excluding hydrogens is 261 g/mol. The third kappa shape index (κ3) is 3.75. The fraction of sp³-hybridized carbons (Fsp3) is 0.500. The summed E-state index contributed by atoms with van der Waals surface area (Å²) < 4.78 is 5.58. The van der Waals surface area contributed by atoms with Gasteiger partial charge in [0.1, 0.15) is 12.4 Å². The summed E-state index contributed by atoms with van der Waals surface area (Å²) in [6.45, 7) is 3.03. The number of likely N-dealkylation sites (tertiary alicyclic amines) is 1. The molecule has 1 aromatic rings. The normalized spacial score (nSPS) is 20.8. The minimum absolute atomic E-state index is 0.186. The molecule has 1 saturated heterocycles. The number of hydrogen-bond donors (Lipinski definition) is 1. The minimum Gasteiger partial charge on any atom is -0.491 e. The zero-order chi connectivity index (χ0) is 12.3. The van der Waals surface area contributed by atoms with Crippen molar-refractivity contribution in [3.05, 3.63) is 28.2 Å². The van der Waals surface area contributed by atoms with Gasteiger partial charge in [-0.25, -0.2) is 0 Å². The molecule has 1 atom stereocenters. The molecule has 94 valence electrons. The molecule has 0 radical (unpaired) electrons. The summed E-state index contributed by atoms with van der Waals surface area (Å²) in [4.78, 5) is 2.18. The van der Waals surface area contributed by atoms with Crippen molar-refractivity contribution < 1.29 is 9.84 Å². The molecule has 2 rings (SSSR count). The van der Waals surface area contributed by atoms with Gasteiger partial charge in [0.05, 0.1) is 11.1 Å². The van der Waals surface area contributed by atoms with Crippen LogP contribution in [0.1, 0.15) is 6.42 Å². The van der Waals surface area contributed by atoms with E-state index in [2.05, 4.69) is 4.90 Å². The lowest BCUT2D eigenvalue weighted by atomic mass is 10.3. The maximum Gasteiger partial charge on any atom is 0.138 e. The van der Waals surface area contributed by atoms with Crippen LogP contribution in [0.4, 0.5) is 0 Å². The molecule has 5 heteroatoms. The lowest BCUT2D eigenvalue weighted by Gasteiger charge is -2.15. The Kier molecular flexibility index (Phi) is 4.51. The van der Waals surface area contributed by atoms with Gasteiger partial charge in [0.2, 0.25) is 0 Å². The summed E-state index contributed by atoms with van der Waals surface area (Å²) in [6, 6.07) is 5.18. The Morgan fingerprint density at radius 3 is 2.88 bits per heavy atom. The van der Waals surface area contributed by atoms with E-state index in [1.165, 1.54) is 0 Å². The van der Waals surface area contributed by atoms with Crippen molar-refractivity contribution in [2.24, 2.45) is 0 Å². The number of hydrogen-bond acceptors (Lipinski definition) is 3. The number of β-amino-alcohol motifs (C(OH)–C–C–N with tert-alkyl or cyclic N) is 1. The highest BCUT2D eigenvalue weighted by atomic mass is 35.5. The van der Waals surface area contributed by atoms with Gasteiger partial charge < -0.3 is 9.84 Å². The zero-order valence-corrected chi connectivity index (χ0v) is 10.9. The maximum absolute atomic E-state index is 9.37. The number of rotatable bonds is 4. The maximum atomic E-state index is 9.37. The van der Waals surface area contributed by atoms with E-state index in [9.17, 15) is 5.11 Å². The zero-order valence-electron chi connectivity index (χ0n) is 9.40. The molecule has 3 nitrogen and oxygen atoms in total. The van der Waals surface area contributed by atoms with E-state index >= 15 is 0 Å². The first-order valence-corrected chi connectivity index (χ1v) is 6.39. The molecule has 1 aliphatic rings. The molecule has 17 heavy (non-hydrogen) atoms. The van der Waals surface area contributed by atoms with Gasteiger partial charge in [-0.2, -0.15) is 0 Å². The Morgan fingerprint density at radius 2 is 2.24 bits per heavy atom. The second kappa shape index (κ2) is 5.91. The molecule has 0 aromatic heterocycles. The number of nitrogens with zero attached hydrogens (tertiary/aromatic N) is 1. The Hall–Kier alpha value is -0.480. The summed E-state index contributed by atoms with van der Waals surface area (Å²) in [6.07, 6.45) is 0.663. The second-order valence-electron chi connectivity index (χ2n) is 4.17. The van der Waals surface area contributed by atoms with Gasteiger partial charge in [-0.3, -0.25) is 4.90 Å². The molecule has 1 N–H and O–H groups in total. The van der Waals surface area contributed by atoms with Crippen LogP contribution in [0.15, 0.2) is 18.2 Å². The first kappa shape index (κ1) is 13.0. The van der Waals surface area contributed by atoms with E-state index in [0.717, 1.165) is 26.1 Å². The molecule has 0 saturated carbocycles. The van der Waals surface area contributed by atoms with E-state index in [4.69, 9.17) is 27.9 Å². The molecular formula is C12H15Cl2NO2. The highest BCUT2D eigenvalue weighted by molar-refractivity contribution is 6.35. The van der Waals surface area contributed by atoms with Crippen molar-refractivity contribution in [1.29, 1.82) is 0 Å². The van der Waals surface area contributed by atoms with Gasteiger partial charge >= 0.3 is 0 Å². The number of benzene rings is 1. The predicted octanol–water partition coefficient (Wildman–Crippen LogP) is 2.44. The average Bonchev–Trinajstić information content (AvgIpc) is 2.68. The predicted molar refractivity (Wildman–Crippen MR) is 69.0 cm³/mol. The fourth-order valence-corrected chi connectivity index (χ4v) is 2.36. The van der Waals surface area contributed by atoms with Crippen molar-refractivity contribution >= 4 is 23.2 Å². The Balaban J connectivity index is 1.78. The molecule has 0 amide bonds. The van der Waals surface area contributed by atoms with Crippen LogP contribution in [-0.2, 0) is 0 Å². The van der Waals surface area contributed by atoms with Crippen LogP contribution in [0.3, 0.4) is 0 Å². The summed E-state index contributed by atoms with van der Waals surface area (Å²) in [5.74, 6) is 0.649. The van der Waals surface area contributed by atoms with Crippen LogP contribution in [0, 0.1) is 0 Å². The van der Waals surface area contributed by atoms with E-state index < -0.39 is 0 Å². The first-order chi connectivity index (χ1) is 8.15. The van der Waals surface area contributed by atoms with Gasteiger partial charge in [-0.15, -0.1) is 0 Å². The van der Waals surface area contributed by atoms with E-state index in [0.29, 0.717) is 22.4 Å². The van der Waals surface area contributed by atoms with E-state index in [1.807, 2.05) is 0 Å². The van der Waals surface area contributed by atoms with Crippen LogP contribution in [0.25, 0.3) is 0 Å². The Labute approximate surface area is 111 Å². The van der Waals surface area contributed by atoms with Crippen molar-refractivity contribution in [3.8, 4) is 5.75 Å². The molecule has 1 heterocycles. The third-order valence-corrected chi connectivity index (χ3v) is 3.34. The molecule has 0 unspecified atom stereocenters. The number of halogens is 2. The topological polar surface area (TPSA) is 32.7 Å². The molecule has 1 aliphatic heterocycles. The van der Waals surface area contributed by atoms with Gasteiger partial charge in [0.15, 0.2) is 0 Å². The molecule has 0 bridgehead atoms. The quantitative estimate of drug-likeness (QED) is 0.916. The summed E-state index contributed by atoms with van der Waals surface area (Å²) >= 11 is 11.8. The fourth-order valence-electron chi connectivity index (χ4n) is 1.89. The van der Waals surface area contributed by atoms with Crippen LogP contribution >= 0.6 is 23.2 Å². The van der Waals surface area contributed by atoms with Crippen LogP contribution in [0.2, 0.25) is 10.0 Å². The lowest BCUT2D eigenvalue weighted by molar-refractivity contribution is 0.167. The summed E-state index contributed by atoms with van der Waals surface area (Å²) in [5, 5.41) is 10.5. The van der Waals surface area contributed by atoms with Crippen molar-refractivity contribution in [1.82, 2.24) is 4.90 Å². The van der Waals surface area contributed by atoms with Crippen molar-refractivity contribution in [2.75, 3.05) is 26.2 Å². The third-order valence-electron chi connectivity index (χ3n) is 2.81. The van der Waals surface area contributed by atoms with E-state index in [-0.39, 0.29) is 6.10 Å². The van der Waals surface area contributed by atoms with E-state index in [1.54, 1.807) is 18.2 Å². The number of aliphatic hydroxyl groups excluding tert-OH is 1. The van der Waals surface area contributed by atoms with Gasteiger partial charge in [0, 0.05) is 24.7 Å². The number of aliphatic hydroxyl groups is 1. The lowest BCUT2D eigenvalue weighted by Crippen LogP contribution is -2.27. The smallest absolute Gasteiger partial charge is 0.138 e. The Morgan fingerprint density at radius 1 is 1.41 bits per heavy atom. The SMILES string of the molecule is O[C@@H]1CCN(CCOc2ccc(Cl)cc2Cl)C1. The molecule has 1 fully saturated rings. The van der Waals surface area contributed by atoms with Gasteiger partial charge in [-0.1, -0.05) is 23.2 Å². The van der Waals surface area contributed by atoms with Crippen LogP contribution in [0.5, 0.6) is 5.75 Å².